The summed E-state index contributed by atoms with van der Waals surface area (Å²) < 4.78 is 42.0. The van der Waals surface area contributed by atoms with Crippen LogP contribution in [0.15, 0.2) is 0 Å². The molecule has 1 N–H and O–H groups in total. The molecule has 0 rings (SSSR count). The molecule has 0 saturated heterocycles. The van der Waals surface area contributed by atoms with E-state index in [-0.39, 0.29) is 53.2 Å². The van der Waals surface area contributed by atoms with Crippen molar-refractivity contribution in [3.63, 3.8) is 0 Å². The third-order valence-corrected chi connectivity index (χ3v) is 5.56. The van der Waals surface area contributed by atoms with E-state index < -0.39 is 33.7 Å². The van der Waals surface area contributed by atoms with Crippen LogP contribution in [0, 0.1) is 39.9 Å². The summed E-state index contributed by atoms with van der Waals surface area (Å²) in [5.74, 6) is -1.93. The molecular formula is C20H38O7STh. The number of hydrogen-bond donors (Lipinski definition) is 1. The minimum atomic E-state index is -4.73. The van der Waals surface area contributed by atoms with E-state index in [1.54, 1.807) is 0 Å². The molecule has 29 heavy (non-hydrogen) atoms. The normalized spacial score (nSPS) is 12.1. The Morgan fingerprint density at radius 1 is 0.759 bits per heavy atom. The van der Waals surface area contributed by atoms with Crippen molar-refractivity contribution in [3.05, 3.63) is 0 Å². The van der Waals surface area contributed by atoms with Crippen LogP contribution in [0.3, 0.4) is 0 Å². The summed E-state index contributed by atoms with van der Waals surface area (Å²) in [5.41, 5.74) is 0. The number of hydrogen-bond acceptors (Lipinski definition) is 6. The number of unbranched alkanes of at least 4 members (excludes halogenated alkanes) is 10. The second kappa shape index (κ2) is 20.1. The Labute approximate surface area is 208 Å². The van der Waals surface area contributed by atoms with Crippen LogP contribution in [-0.2, 0) is 29.2 Å². The number of rotatable bonds is 18. The van der Waals surface area contributed by atoms with Crippen molar-refractivity contribution >= 4 is 22.1 Å². The minimum absolute atomic E-state index is 0. The maximum absolute atomic E-state index is 12.0. The standard InChI is InChI=1S/C20H38O7S.Th/c1-3-5-7-9-11-13-15-26-19(21)17-18(28(23,24)25)20(22)27-16-14-12-10-8-6-4-2;/h18H,3-17H2,1-2H3,(H,23,24,25);. The Morgan fingerprint density at radius 3 is 1.62 bits per heavy atom. The smallest absolute Gasteiger partial charge is 0.327 e. The van der Waals surface area contributed by atoms with Gasteiger partial charge in [-0.25, -0.2) is 0 Å². The number of ether oxygens (including phenoxy) is 2. The van der Waals surface area contributed by atoms with Crippen LogP contribution in [0.25, 0.3) is 0 Å². The second-order valence-electron chi connectivity index (χ2n) is 7.13. The Hall–Kier alpha value is 0.175. The fraction of sp³-hybridized carbons (Fsp3) is 0.900. The van der Waals surface area contributed by atoms with E-state index >= 15 is 0 Å². The van der Waals surface area contributed by atoms with Crippen LogP contribution in [-0.4, -0.2) is 43.4 Å². The molecule has 7 nitrogen and oxygen atoms in total. The predicted octanol–water partition coefficient (Wildman–Crippen LogP) is 4.44. The van der Waals surface area contributed by atoms with Crippen molar-refractivity contribution in [1.82, 2.24) is 0 Å². The fourth-order valence-corrected chi connectivity index (χ4v) is 3.39. The largest absolute Gasteiger partial charge is 0.466 e. The van der Waals surface area contributed by atoms with Crippen molar-refractivity contribution in [2.45, 2.75) is 103 Å². The van der Waals surface area contributed by atoms with Gasteiger partial charge >= 0.3 is 11.9 Å². The van der Waals surface area contributed by atoms with Crippen LogP contribution in [0.2, 0.25) is 0 Å². The third kappa shape index (κ3) is 18.6. The zero-order valence-corrected chi connectivity index (χ0v) is 22.9. The van der Waals surface area contributed by atoms with Gasteiger partial charge < -0.3 is 9.47 Å². The van der Waals surface area contributed by atoms with E-state index in [4.69, 9.17) is 9.47 Å². The van der Waals surface area contributed by atoms with Crippen LogP contribution in [0.1, 0.15) is 97.3 Å². The quantitative estimate of drug-likeness (QED) is 0.132. The first-order chi connectivity index (χ1) is 13.3. The summed E-state index contributed by atoms with van der Waals surface area (Å²) in [6, 6.07) is 0. The van der Waals surface area contributed by atoms with Crippen molar-refractivity contribution in [2.24, 2.45) is 0 Å². The Balaban J connectivity index is 0. The van der Waals surface area contributed by atoms with Gasteiger partial charge in [-0.05, 0) is 12.8 Å². The van der Waals surface area contributed by atoms with Gasteiger partial charge in [0.25, 0.3) is 10.1 Å². The van der Waals surface area contributed by atoms with E-state index in [2.05, 4.69) is 13.8 Å². The molecule has 0 fully saturated rings. The molecule has 0 saturated carbocycles. The molecule has 0 aliphatic carbocycles. The van der Waals surface area contributed by atoms with Crippen molar-refractivity contribution < 1.29 is 72.0 Å². The van der Waals surface area contributed by atoms with E-state index in [0.717, 1.165) is 57.8 Å². The first-order valence-corrected chi connectivity index (χ1v) is 12.1. The van der Waals surface area contributed by atoms with Crippen LogP contribution < -0.4 is 0 Å². The second-order valence-corrected chi connectivity index (χ2v) is 8.73. The SMILES string of the molecule is CCCCCCCCOC(=O)CC(C(=O)OCCCCCCCC)S(=O)(=O)O.[Th]. The molecule has 0 aromatic heterocycles. The van der Waals surface area contributed by atoms with Gasteiger partial charge in [0.15, 0.2) is 5.25 Å². The van der Waals surface area contributed by atoms with E-state index in [0.29, 0.717) is 12.8 Å². The van der Waals surface area contributed by atoms with Crippen molar-refractivity contribution in [3.8, 4) is 0 Å². The van der Waals surface area contributed by atoms with Crippen LogP contribution >= 0.6 is 0 Å². The first-order valence-electron chi connectivity index (χ1n) is 10.6. The molecule has 0 aliphatic rings. The Bertz CT molecular complexity index is 523. The summed E-state index contributed by atoms with van der Waals surface area (Å²) in [6.45, 7) is 4.50. The van der Waals surface area contributed by atoms with Gasteiger partial charge in [-0.2, -0.15) is 8.42 Å². The van der Waals surface area contributed by atoms with Crippen molar-refractivity contribution in [1.29, 1.82) is 0 Å². The van der Waals surface area contributed by atoms with E-state index in [9.17, 15) is 22.6 Å². The number of esters is 2. The molecule has 0 spiro atoms. The zero-order chi connectivity index (χ0) is 21.3. The Kier molecular flexibility index (Phi) is 21.7. The van der Waals surface area contributed by atoms with Gasteiger partial charge in [-0.3, -0.25) is 14.1 Å². The van der Waals surface area contributed by atoms with Gasteiger partial charge in [0.05, 0.1) is 19.6 Å². The fourth-order valence-electron chi connectivity index (χ4n) is 2.74. The van der Waals surface area contributed by atoms with E-state index in [1.807, 2.05) is 0 Å². The summed E-state index contributed by atoms with van der Waals surface area (Å²) in [5, 5.41) is -1.93. The average Bonchev–Trinajstić information content (AvgIpc) is 2.63. The molecule has 0 amide bonds. The molecule has 0 aromatic rings. The molecular weight excluding hydrogens is 616 g/mol. The molecule has 170 valence electrons. The predicted molar refractivity (Wildman–Crippen MR) is 109 cm³/mol. The third-order valence-electron chi connectivity index (χ3n) is 4.48. The number of carbonyl (C=O) groups is 2. The molecule has 0 bridgehead atoms. The molecule has 1 unspecified atom stereocenters. The zero-order valence-electron chi connectivity index (χ0n) is 18.0. The maximum Gasteiger partial charge on any atom is 0.327 e. The summed E-state index contributed by atoms with van der Waals surface area (Å²) in [6.07, 6.45) is 11.3. The van der Waals surface area contributed by atoms with Crippen LogP contribution in [0.4, 0.5) is 0 Å². The van der Waals surface area contributed by atoms with Gasteiger partial charge in [0.2, 0.25) is 0 Å². The van der Waals surface area contributed by atoms with Crippen molar-refractivity contribution in [2.75, 3.05) is 13.2 Å². The van der Waals surface area contributed by atoms with E-state index in [1.165, 1.54) is 6.42 Å². The van der Waals surface area contributed by atoms with Gasteiger partial charge in [-0.15, -0.1) is 0 Å². The minimum Gasteiger partial charge on any atom is -0.466 e. The first kappa shape index (κ1) is 31.4. The molecule has 0 radical (unpaired) electrons. The van der Waals surface area contributed by atoms with Crippen LogP contribution in [0.5, 0.6) is 0 Å². The molecule has 0 aliphatic heterocycles. The maximum atomic E-state index is 12.0. The average molecular weight is 655 g/mol. The topological polar surface area (TPSA) is 107 Å². The molecule has 0 heterocycles. The van der Waals surface area contributed by atoms with Gasteiger partial charge in [0.1, 0.15) is 0 Å². The monoisotopic (exact) mass is 654 g/mol. The number of carbonyl (C=O) groups excluding carboxylic acids is 2. The molecule has 1 atom stereocenters. The van der Waals surface area contributed by atoms with Gasteiger partial charge in [0, 0.05) is 39.9 Å². The summed E-state index contributed by atoms with van der Waals surface area (Å²) >= 11 is 0. The summed E-state index contributed by atoms with van der Waals surface area (Å²) in [7, 11) is -4.73. The summed E-state index contributed by atoms with van der Waals surface area (Å²) in [4.78, 5) is 23.8. The Morgan fingerprint density at radius 2 is 1.17 bits per heavy atom. The molecule has 9 heteroatoms. The molecule has 0 aromatic carbocycles. The van der Waals surface area contributed by atoms with Gasteiger partial charge in [-0.1, -0.05) is 78.1 Å².